The number of carbonyl (C=O) groups is 1. The predicted molar refractivity (Wildman–Crippen MR) is 80.7 cm³/mol. The zero-order chi connectivity index (χ0) is 14.1. The number of imidazole rings is 1. The zero-order valence-corrected chi connectivity index (χ0v) is 11.2. The van der Waals surface area contributed by atoms with E-state index < -0.39 is 0 Å². The first-order valence-corrected chi connectivity index (χ1v) is 6.37. The van der Waals surface area contributed by atoms with Gasteiger partial charge in [-0.25, -0.2) is 4.98 Å². The van der Waals surface area contributed by atoms with Crippen LogP contribution in [0.1, 0.15) is 21.7 Å². The van der Waals surface area contributed by atoms with Crippen LogP contribution in [0.4, 0.5) is 0 Å². The van der Waals surface area contributed by atoms with Gasteiger partial charge in [0.2, 0.25) is 0 Å². The smallest absolute Gasteiger partial charge is 0.150 e. The van der Waals surface area contributed by atoms with Gasteiger partial charge in [-0.2, -0.15) is 0 Å². The van der Waals surface area contributed by atoms with Crippen LogP contribution in [0.15, 0.2) is 55.1 Å². The molecule has 0 fully saturated rings. The fraction of sp³-hybridized carbons (Fsp3) is 0.0588. The molecule has 2 aromatic carbocycles. The summed E-state index contributed by atoms with van der Waals surface area (Å²) in [4.78, 5) is 15.5. The second-order valence-electron chi connectivity index (χ2n) is 4.71. The van der Waals surface area contributed by atoms with Gasteiger partial charge in [0.05, 0.1) is 11.0 Å². The van der Waals surface area contributed by atoms with Crippen molar-refractivity contribution >= 4 is 22.9 Å². The molecule has 3 aromatic rings. The highest BCUT2D eigenvalue weighted by Crippen LogP contribution is 2.24. The number of hydrogen-bond acceptors (Lipinski definition) is 2. The number of carbonyl (C=O) groups excluding carboxylic acids is 1. The Labute approximate surface area is 117 Å². The molecule has 0 radical (unpaired) electrons. The molecule has 0 bridgehead atoms. The Morgan fingerprint density at radius 1 is 1.20 bits per heavy atom. The Hall–Kier alpha value is -2.68. The number of aryl methyl sites for hydroxylation is 1. The van der Waals surface area contributed by atoms with E-state index in [0.717, 1.165) is 34.3 Å². The Morgan fingerprint density at radius 2 is 2.00 bits per heavy atom. The first kappa shape index (κ1) is 12.4. The van der Waals surface area contributed by atoms with Gasteiger partial charge in [-0.05, 0) is 23.8 Å². The summed E-state index contributed by atoms with van der Waals surface area (Å²) < 4.78 is 2.02. The third-order valence-electron chi connectivity index (χ3n) is 3.43. The van der Waals surface area contributed by atoms with E-state index in [1.807, 2.05) is 54.1 Å². The van der Waals surface area contributed by atoms with Crippen molar-refractivity contribution in [2.45, 2.75) is 0 Å². The van der Waals surface area contributed by atoms with Gasteiger partial charge in [-0.15, -0.1) is 0 Å². The Morgan fingerprint density at radius 3 is 2.75 bits per heavy atom. The van der Waals surface area contributed by atoms with Gasteiger partial charge in [0.15, 0.2) is 0 Å². The Bertz CT molecular complexity index is 815. The molecule has 3 rings (SSSR count). The summed E-state index contributed by atoms with van der Waals surface area (Å²) in [6.45, 7) is 4.13. The molecule has 0 aliphatic heterocycles. The van der Waals surface area contributed by atoms with E-state index in [-0.39, 0.29) is 0 Å². The summed E-state index contributed by atoms with van der Waals surface area (Å²) in [7, 11) is 1.97. The maximum atomic E-state index is 10.9. The number of rotatable bonds is 3. The Balaban J connectivity index is 2.12. The van der Waals surface area contributed by atoms with Crippen LogP contribution in [0, 0.1) is 0 Å². The number of para-hydroxylation sites is 2. The van der Waals surface area contributed by atoms with Crippen molar-refractivity contribution in [1.29, 1.82) is 0 Å². The fourth-order valence-electron chi connectivity index (χ4n) is 2.34. The van der Waals surface area contributed by atoms with E-state index in [2.05, 4.69) is 11.6 Å². The van der Waals surface area contributed by atoms with Crippen molar-refractivity contribution in [2.24, 2.45) is 7.05 Å². The molecular formula is C17H14N2O. The molecule has 0 aliphatic carbocycles. The number of nitrogens with zero attached hydrogens (tertiary/aromatic N) is 2. The SMILES string of the molecule is C=C(c1cccc(C=O)c1)c1nc2ccccc2n1C. The molecule has 0 spiro atoms. The highest BCUT2D eigenvalue weighted by molar-refractivity contribution is 5.85. The summed E-state index contributed by atoms with van der Waals surface area (Å²) in [5.41, 5.74) is 4.37. The number of fused-ring (bicyclic) bond motifs is 1. The standard InChI is InChI=1S/C17H14N2O/c1-12(14-7-5-6-13(10-14)11-20)17-18-15-8-3-4-9-16(15)19(17)2/h3-11H,1H2,2H3. The maximum Gasteiger partial charge on any atom is 0.150 e. The van der Waals surface area contributed by atoms with Crippen LogP contribution in [0.2, 0.25) is 0 Å². The first-order valence-electron chi connectivity index (χ1n) is 6.37. The van der Waals surface area contributed by atoms with E-state index in [1.165, 1.54) is 0 Å². The molecule has 3 nitrogen and oxygen atoms in total. The summed E-state index contributed by atoms with van der Waals surface area (Å²) in [5.74, 6) is 0.814. The van der Waals surface area contributed by atoms with Crippen molar-refractivity contribution in [1.82, 2.24) is 9.55 Å². The second-order valence-corrected chi connectivity index (χ2v) is 4.71. The number of benzene rings is 2. The monoisotopic (exact) mass is 262 g/mol. The lowest BCUT2D eigenvalue weighted by atomic mass is 10.0. The molecule has 0 amide bonds. The van der Waals surface area contributed by atoms with E-state index in [9.17, 15) is 4.79 Å². The molecule has 0 N–H and O–H groups in total. The minimum absolute atomic E-state index is 0.641. The molecule has 0 aliphatic rings. The van der Waals surface area contributed by atoms with Crippen LogP contribution in [0.3, 0.4) is 0 Å². The summed E-state index contributed by atoms with van der Waals surface area (Å²) >= 11 is 0. The van der Waals surface area contributed by atoms with Crippen molar-refractivity contribution in [3.63, 3.8) is 0 Å². The molecule has 20 heavy (non-hydrogen) atoms. The highest BCUT2D eigenvalue weighted by atomic mass is 16.1. The normalized spacial score (nSPS) is 10.7. The van der Waals surface area contributed by atoms with E-state index in [0.29, 0.717) is 5.56 Å². The van der Waals surface area contributed by atoms with Crippen molar-refractivity contribution in [3.05, 3.63) is 72.1 Å². The topological polar surface area (TPSA) is 34.9 Å². The average molecular weight is 262 g/mol. The molecule has 0 atom stereocenters. The van der Waals surface area contributed by atoms with Crippen LogP contribution in [0.25, 0.3) is 16.6 Å². The lowest BCUT2D eigenvalue weighted by Gasteiger charge is -2.07. The zero-order valence-electron chi connectivity index (χ0n) is 11.2. The van der Waals surface area contributed by atoms with Gasteiger partial charge in [0, 0.05) is 18.2 Å². The molecular weight excluding hydrogens is 248 g/mol. The molecule has 0 saturated carbocycles. The van der Waals surface area contributed by atoms with E-state index in [4.69, 9.17) is 0 Å². The fourth-order valence-corrected chi connectivity index (χ4v) is 2.34. The summed E-state index contributed by atoms with van der Waals surface area (Å²) in [6, 6.07) is 15.4. The van der Waals surface area contributed by atoms with Crippen LogP contribution >= 0.6 is 0 Å². The van der Waals surface area contributed by atoms with Crippen molar-refractivity contribution in [2.75, 3.05) is 0 Å². The van der Waals surface area contributed by atoms with Crippen LogP contribution in [-0.4, -0.2) is 15.8 Å². The van der Waals surface area contributed by atoms with Crippen molar-refractivity contribution in [3.8, 4) is 0 Å². The van der Waals surface area contributed by atoms with E-state index >= 15 is 0 Å². The predicted octanol–water partition coefficient (Wildman–Crippen LogP) is 3.45. The van der Waals surface area contributed by atoms with Gasteiger partial charge in [-0.1, -0.05) is 36.9 Å². The van der Waals surface area contributed by atoms with Crippen LogP contribution in [0.5, 0.6) is 0 Å². The highest BCUT2D eigenvalue weighted by Gasteiger charge is 2.12. The molecule has 0 unspecified atom stereocenters. The van der Waals surface area contributed by atoms with Gasteiger partial charge in [-0.3, -0.25) is 4.79 Å². The third kappa shape index (κ3) is 1.93. The molecule has 98 valence electrons. The molecule has 0 saturated heterocycles. The van der Waals surface area contributed by atoms with Gasteiger partial charge in [0.1, 0.15) is 12.1 Å². The summed E-state index contributed by atoms with van der Waals surface area (Å²) in [5, 5.41) is 0. The quantitative estimate of drug-likeness (QED) is 0.678. The van der Waals surface area contributed by atoms with Crippen LogP contribution in [-0.2, 0) is 7.05 Å². The second kappa shape index (κ2) is 4.78. The average Bonchev–Trinajstić information content (AvgIpc) is 2.84. The number of aldehydes is 1. The first-order chi connectivity index (χ1) is 9.70. The van der Waals surface area contributed by atoms with Crippen molar-refractivity contribution < 1.29 is 4.79 Å². The lowest BCUT2D eigenvalue weighted by molar-refractivity contribution is 0.112. The minimum atomic E-state index is 0.641. The largest absolute Gasteiger partial charge is 0.327 e. The lowest BCUT2D eigenvalue weighted by Crippen LogP contribution is -1.98. The third-order valence-corrected chi connectivity index (χ3v) is 3.43. The van der Waals surface area contributed by atoms with Gasteiger partial charge < -0.3 is 4.57 Å². The molecule has 3 heteroatoms. The van der Waals surface area contributed by atoms with Gasteiger partial charge >= 0.3 is 0 Å². The molecule has 1 aromatic heterocycles. The number of aromatic nitrogens is 2. The van der Waals surface area contributed by atoms with Crippen LogP contribution < -0.4 is 0 Å². The Kier molecular flexibility index (Phi) is 2.95. The summed E-state index contributed by atoms with van der Waals surface area (Å²) in [6.07, 6.45) is 0.839. The number of hydrogen-bond donors (Lipinski definition) is 0. The van der Waals surface area contributed by atoms with E-state index in [1.54, 1.807) is 6.07 Å². The van der Waals surface area contributed by atoms with Gasteiger partial charge in [0.25, 0.3) is 0 Å². The maximum absolute atomic E-state index is 10.9. The minimum Gasteiger partial charge on any atom is -0.327 e. The molecule has 1 heterocycles.